The normalized spacial score (nSPS) is 14.4. The lowest BCUT2D eigenvalue weighted by molar-refractivity contribution is 0.101. The zero-order valence-corrected chi connectivity index (χ0v) is 9.71. The largest absolute Gasteiger partial charge is 0.397 e. The van der Waals surface area contributed by atoms with Crippen molar-refractivity contribution in [2.24, 2.45) is 0 Å². The predicted octanol–water partition coefficient (Wildman–Crippen LogP) is 1.45. The number of hydrogen-bond acceptors (Lipinski definition) is 4. The Morgan fingerprint density at radius 3 is 3.00 bits per heavy atom. The van der Waals surface area contributed by atoms with Gasteiger partial charge in [0.25, 0.3) is 5.91 Å². The molecule has 92 valence electrons. The molecule has 6 heteroatoms. The van der Waals surface area contributed by atoms with E-state index >= 15 is 0 Å². The summed E-state index contributed by atoms with van der Waals surface area (Å²) in [7, 11) is 0. The summed E-state index contributed by atoms with van der Waals surface area (Å²) in [6.45, 7) is 0. The number of rotatable bonds is 3. The summed E-state index contributed by atoms with van der Waals surface area (Å²) < 4.78 is 1.93. The third kappa shape index (κ3) is 2.04. The van der Waals surface area contributed by atoms with Crippen LogP contribution in [0.2, 0.25) is 0 Å². The Morgan fingerprint density at radius 2 is 2.33 bits per heavy atom. The van der Waals surface area contributed by atoms with E-state index in [-0.39, 0.29) is 5.91 Å². The molecule has 1 saturated carbocycles. The molecule has 0 bridgehead atoms. The van der Waals surface area contributed by atoms with Crippen LogP contribution in [0.3, 0.4) is 0 Å². The Bertz CT molecular complexity index is 573. The number of anilines is 2. The molecular formula is C12H13N5O. The molecule has 0 aromatic carbocycles. The van der Waals surface area contributed by atoms with Gasteiger partial charge in [-0.2, -0.15) is 5.10 Å². The van der Waals surface area contributed by atoms with E-state index in [2.05, 4.69) is 15.5 Å². The molecular weight excluding hydrogens is 230 g/mol. The molecule has 0 radical (unpaired) electrons. The number of aromatic nitrogens is 3. The van der Waals surface area contributed by atoms with Gasteiger partial charge in [0, 0.05) is 18.4 Å². The Morgan fingerprint density at radius 1 is 1.50 bits per heavy atom. The van der Waals surface area contributed by atoms with Crippen LogP contribution in [-0.2, 0) is 0 Å². The number of amides is 1. The Hall–Kier alpha value is -2.37. The molecule has 0 saturated heterocycles. The van der Waals surface area contributed by atoms with Crippen LogP contribution in [0.4, 0.5) is 11.5 Å². The van der Waals surface area contributed by atoms with Crippen molar-refractivity contribution >= 4 is 17.4 Å². The number of nitrogens with one attached hydrogen (secondary N) is 1. The maximum absolute atomic E-state index is 12.1. The van der Waals surface area contributed by atoms with Gasteiger partial charge in [-0.15, -0.1) is 5.10 Å². The van der Waals surface area contributed by atoms with E-state index in [9.17, 15) is 4.79 Å². The second kappa shape index (κ2) is 4.14. The van der Waals surface area contributed by atoms with Gasteiger partial charge in [-0.3, -0.25) is 4.79 Å². The van der Waals surface area contributed by atoms with E-state index < -0.39 is 0 Å². The number of nitrogens with two attached hydrogens (primary N) is 1. The maximum Gasteiger partial charge on any atom is 0.273 e. The Balaban J connectivity index is 1.84. The summed E-state index contributed by atoms with van der Waals surface area (Å²) >= 11 is 0. The van der Waals surface area contributed by atoms with Crippen LogP contribution in [0.5, 0.6) is 0 Å². The van der Waals surface area contributed by atoms with Crippen LogP contribution in [0.1, 0.15) is 29.4 Å². The third-order valence-corrected chi connectivity index (χ3v) is 2.86. The fourth-order valence-corrected chi connectivity index (χ4v) is 1.89. The second-order valence-corrected chi connectivity index (χ2v) is 4.36. The lowest BCUT2D eigenvalue weighted by Gasteiger charge is -2.07. The van der Waals surface area contributed by atoms with Gasteiger partial charge in [-0.1, -0.05) is 0 Å². The molecule has 0 aliphatic heterocycles. The van der Waals surface area contributed by atoms with Crippen molar-refractivity contribution in [1.29, 1.82) is 0 Å². The van der Waals surface area contributed by atoms with Gasteiger partial charge in [0.2, 0.25) is 0 Å². The quantitative estimate of drug-likeness (QED) is 0.854. The van der Waals surface area contributed by atoms with E-state index in [4.69, 9.17) is 5.73 Å². The zero-order chi connectivity index (χ0) is 12.5. The fourth-order valence-electron chi connectivity index (χ4n) is 1.89. The highest BCUT2D eigenvalue weighted by Gasteiger charge is 2.27. The van der Waals surface area contributed by atoms with Crippen LogP contribution < -0.4 is 11.1 Å². The smallest absolute Gasteiger partial charge is 0.273 e. The molecule has 0 unspecified atom stereocenters. The average Bonchev–Trinajstić information content (AvgIpc) is 3.13. The minimum atomic E-state index is -0.209. The zero-order valence-electron chi connectivity index (χ0n) is 9.71. The molecule has 2 aromatic rings. The van der Waals surface area contributed by atoms with Gasteiger partial charge >= 0.3 is 0 Å². The van der Waals surface area contributed by atoms with E-state index in [0.717, 1.165) is 12.8 Å². The molecule has 2 heterocycles. The number of nitrogens with zero attached hydrogens (tertiary/aromatic N) is 3. The summed E-state index contributed by atoms with van der Waals surface area (Å²) in [4.78, 5) is 12.1. The predicted molar refractivity (Wildman–Crippen MR) is 67.1 cm³/mol. The molecule has 3 rings (SSSR count). The van der Waals surface area contributed by atoms with Gasteiger partial charge < -0.3 is 15.6 Å². The van der Waals surface area contributed by atoms with Crippen molar-refractivity contribution in [3.05, 3.63) is 36.3 Å². The van der Waals surface area contributed by atoms with E-state index in [1.165, 1.54) is 0 Å². The number of carbonyl (C=O) groups is 1. The Kier molecular flexibility index (Phi) is 2.47. The minimum Gasteiger partial charge on any atom is -0.397 e. The van der Waals surface area contributed by atoms with Gasteiger partial charge in [0.05, 0.1) is 5.69 Å². The van der Waals surface area contributed by atoms with E-state index in [0.29, 0.717) is 23.2 Å². The topological polar surface area (TPSA) is 85.8 Å². The number of carbonyl (C=O) groups excluding carboxylic acids is 1. The van der Waals surface area contributed by atoms with Gasteiger partial charge in [-0.25, -0.2) is 0 Å². The monoisotopic (exact) mass is 243 g/mol. The summed E-state index contributed by atoms with van der Waals surface area (Å²) in [6.07, 6.45) is 5.56. The van der Waals surface area contributed by atoms with Crippen molar-refractivity contribution in [3.63, 3.8) is 0 Å². The molecule has 0 spiro atoms. The van der Waals surface area contributed by atoms with Crippen LogP contribution in [0.25, 0.3) is 0 Å². The minimum absolute atomic E-state index is 0.209. The summed E-state index contributed by atoms with van der Waals surface area (Å²) in [5.41, 5.74) is 6.92. The molecule has 1 fully saturated rings. The second-order valence-electron chi connectivity index (χ2n) is 4.36. The van der Waals surface area contributed by atoms with Crippen molar-refractivity contribution in [3.8, 4) is 0 Å². The highest BCUT2D eigenvalue weighted by Crippen LogP contribution is 2.37. The van der Waals surface area contributed by atoms with Gasteiger partial charge in [0.1, 0.15) is 5.69 Å². The first-order chi connectivity index (χ1) is 8.74. The fraction of sp³-hybridized carbons (Fsp3) is 0.250. The maximum atomic E-state index is 12.1. The molecule has 1 aliphatic rings. The summed E-state index contributed by atoms with van der Waals surface area (Å²) in [6, 6.07) is 5.50. The molecule has 6 nitrogen and oxygen atoms in total. The summed E-state index contributed by atoms with van der Waals surface area (Å²) in [5, 5.41) is 10.2. The van der Waals surface area contributed by atoms with Crippen molar-refractivity contribution in [2.75, 3.05) is 11.1 Å². The lowest BCUT2D eigenvalue weighted by Crippen LogP contribution is -2.17. The first kappa shape index (κ1) is 10.8. The molecule has 1 aliphatic carbocycles. The molecule has 2 aromatic heterocycles. The Labute approximate surface area is 104 Å². The van der Waals surface area contributed by atoms with Crippen LogP contribution >= 0.6 is 0 Å². The highest BCUT2D eigenvalue weighted by molar-refractivity contribution is 6.03. The number of nitrogen functional groups attached to an aromatic ring is 1. The molecule has 3 N–H and O–H groups in total. The van der Waals surface area contributed by atoms with Crippen molar-refractivity contribution in [1.82, 2.24) is 14.8 Å². The molecule has 1 amide bonds. The van der Waals surface area contributed by atoms with Crippen LogP contribution in [-0.4, -0.2) is 20.7 Å². The van der Waals surface area contributed by atoms with Gasteiger partial charge in [-0.05, 0) is 31.0 Å². The molecule has 18 heavy (non-hydrogen) atoms. The third-order valence-electron chi connectivity index (χ3n) is 2.86. The van der Waals surface area contributed by atoms with Gasteiger partial charge in [0.15, 0.2) is 5.82 Å². The van der Waals surface area contributed by atoms with E-state index in [1.54, 1.807) is 24.4 Å². The van der Waals surface area contributed by atoms with Crippen LogP contribution in [0.15, 0.2) is 30.6 Å². The van der Waals surface area contributed by atoms with Crippen molar-refractivity contribution < 1.29 is 4.79 Å². The SMILES string of the molecule is Nc1cc(C(=O)Nc2cccnn2)n(C2CC2)c1. The van der Waals surface area contributed by atoms with Crippen LogP contribution in [0, 0.1) is 0 Å². The van der Waals surface area contributed by atoms with Crippen molar-refractivity contribution in [2.45, 2.75) is 18.9 Å². The average molecular weight is 243 g/mol. The molecule has 0 atom stereocenters. The highest BCUT2D eigenvalue weighted by atomic mass is 16.2. The number of hydrogen-bond donors (Lipinski definition) is 2. The first-order valence-corrected chi connectivity index (χ1v) is 5.80. The van der Waals surface area contributed by atoms with E-state index in [1.807, 2.05) is 10.8 Å². The summed E-state index contributed by atoms with van der Waals surface area (Å²) in [5.74, 6) is 0.226. The lowest BCUT2D eigenvalue weighted by atomic mass is 10.3. The first-order valence-electron chi connectivity index (χ1n) is 5.80. The standard InChI is InChI=1S/C12H13N5O/c13-8-6-10(17(7-8)9-3-4-9)12(18)15-11-2-1-5-14-16-11/h1-2,5-7,9H,3-4,13H2,(H,15,16,18).